The number of amides is 1. The lowest BCUT2D eigenvalue weighted by atomic mass is 9.99. The van der Waals surface area contributed by atoms with Crippen molar-refractivity contribution in [1.29, 1.82) is 0 Å². The van der Waals surface area contributed by atoms with Crippen molar-refractivity contribution in [2.75, 3.05) is 6.54 Å². The summed E-state index contributed by atoms with van der Waals surface area (Å²) in [5.41, 5.74) is 0.426. The van der Waals surface area contributed by atoms with E-state index < -0.39 is 11.7 Å². The van der Waals surface area contributed by atoms with Crippen molar-refractivity contribution in [3.63, 3.8) is 0 Å². The molecule has 2 atom stereocenters. The minimum atomic E-state index is -0.508. The van der Waals surface area contributed by atoms with Gasteiger partial charge < -0.3 is 15.4 Å². The average Bonchev–Trinajstić information content (AvgIpc) is 2.47. The Labute approximate surface area is 155 Å². The molecule has 1 rings (SSSR count). The molecule has 4 nitrogen and oxygen atoms in total. The van der Waals surface area contributed by atoms with Crippen molar-refractivity contribution in [3.8, 4) is 0 Å². The van der Waals surface area contributed by atoms with E-state index >= 15 is 0 Å². The first-order valence-corrected chi connectivity index (χ1v) is 9.02. The van der Waals surface area contributed by atoms with Gasteiger partial charge in [0, 0.05) is 19.1 Å². The number of hydrogen-bond acceptors (Lipinski definition) is 3. The molecule has 0 bridgehead atoms. The molecule has 0 unspecified atom stereocenters. The van der Waals surface area contributed by atoms with E-state index in [1.165, 1.54) is 0 Å². The van der Waals surface area contributed by atoms with Crippen LogP contribution >= 0.6 is 23.2 Å². The lowest BCUT2D eigenvalue weighted by Gasteiger charge is -2.27. The first-order chi connectivity index (χ1) is 11.1. The van der Waals surface area contributed by atoms with Crippen LogP contribution in [0.25, 0.3) is 0 Å². The van der Waals surface area contributed by atoms with Crippen LogP contribution in [0.5, 0.6) is 0 Å². The first-order valence-electron chi connectivity index (χ1n) is 8.27. The third-order valence-corrected chi connectivity index (χ3v) is 4.60. The second kappa shape index (κ2) is 9.50. The highest BCUT2D eigenvalue weighted by molar-refractivity contribution is 6.42. The van der Waals surface area contributed by atoms with Crippen molar-refractivity contribution >= 4 is 29.3 Å². The second-order valence-electron chi connectivity index (χ2n) is 6.98. The van der Waals surface area contributed by atoms with Gasteiger partial charge in [-0.1, -0.05) is 55.6 Å². The van der Waals surface area contributed by atoms with Crippen LogP contribution in [-0.2, 0) is 11.3 Å². The van der Waals surface area contributed by atoms with Crippen molar-refractivity contribution < 1.29 is 9.53 Å². The molecule has 0 radical (unpaired) electrons. The maximum absolute atomic E-state index is 12.0. The van der Waals surface area contributed by atoms with Crippen LogP contribution in [0.2, 0.25) is 10.0 Å². The van der Waals surface area contributed by atoms with E-state index in [2.05, 4.69) is 24.5 Å². The Morgan fingerprint density at radius 3 is 2.54 bits per heavy atom. The molecule has 0 aliphatic carbocycles. The fourth-order valence-corrected chi connectivity index (χ4v) is 2.57. The normalized spacial score (nSPS) is 14.1. The maximum atomic E-state index is 12.0. The number of rotatable bonds is 7. The number of alkyl carbamates (subject to hydrolysis) is 1. The van der Waals surface area contributed by atoms with Crippen molar-refractivity contribution in [1.82, 2.24) is 10.6 Å². The van der Waals surface area contributed by atoms with Crippen LogP contribution < -0.4 is 10.6 Å². The van der Waals surface area contributed by atoms with Crippen molar-refractivity contribution in [3.05, 3.63) is 33.8 Å². The van der Waals surface area contributed by atoms with Gasteiger partial charge in [0.25, 0.3) is 0 Å². The molecule has 2 N–H and O–H groups in total. The Morgan fingerprint density at radius 2 is 1.96 bits per heavy atom. The highest BCUT2D eigenvalue weighted by atomic mass is 35.5. The minimum Gasteiger partial charge on any atom is -0.444 e. The monoisotopic (exact) mass is 374 g/mol. The summed E-state index contributed by atoms with van der Waals surface area (Å²) in [5.74, 6) is 0.319. The number of ether oxygens (including phenoxy) is 1. The molecule has 1 aromatic rings. The standard InChI is InChI=1S/C18H28Cl2N2O2/c1-6-12(2)15(22-17(23)24-18(3,4)5)11-21-10-13-8-7-9-14(19)16(13)20/h7-9,12,15,21H,6,10-11H2,1-5H3,(H,22,23)/t12-,15+/m0/s1. The molecular formula is C18H28Cl2N2O2. The van der Waals surface area contributed by atoms with Gasteiger partial charge in [-0.3, -0.25) is 0 Å². The van der Waals surface area contributed by atoms with Gasteiger partial charge in [-0.05, 0) is 38.3 Å². The van der Waals surface area contributed by atoms with Gasteiger partial charge in [0.2, 0.25) is 0 Å². The summed E-state index contributed by atoms with van der Waals surface area (Å²) in [7, 11) is 0. The summed E-state index contributed by atoms with van der Waals surface area (Å²) in [6.07, 6.45) is 0.565. The Balaban J connectivity index is 2.60. The Morgan fingerprint density at radius 1 is 1.29 bits per heavy atom. The fourth-order valence-electron chi connectivity index (χ4n) is 2.19. The summed E-state index contributed by atoms with van der Waals surface area (Å²) in [6, 6.07) is 5.54. The Bertz CT molecular complexity index is 544. The molecule has 1 aromatic carbocycles. The smallest absolute Gasteiger partial charge is 0.407 e. The van der Waals surface area contributed by atoms with Gasteiger partial charge in [0.15, 0.2) is 0 Å². The van der Waals surface area contributed by atoms with E-state index in [9.17, 15) is 4.79 Å². The van der Waals surface area contributed by atoms with Gasteiger partial charge in [0.1, 0.15) is 5.60 Å². The zero-order valence-corrected chi connectivity index (χ0v) is 16.6. The van der Waals surface area contributed by atoms with Gasteiger partial charge in [-0.2, -0.15) is 0 Å². The summed E-state index contributed by atoms with van der Waals surface area (Å²) < 4.78 is 5.35. The summed E-state index contributed by atoms with van der Waals surface area (Å²) in [4.78, 5) is 12.0. The van der Waals surface area contributed by atoms with Crippen molar-refractivity contribution in [2.24, 2.45) is 5.92 Å². The zero-order valence-electron chi connectivity index (χ0n) is 15.1. The summed E-state index contributed by atoms with van der Waals surface area (Å²) in [6.45, 7) is 11.0. The fraction of sp³-hybridized carbons (Fsp3) is 0.611. The molecule has 0 aliphatic heterocycles. The van der Waals surface area contributed by atoms with E-state index in [1.54, 1.807) is 6.07 Å². The number of nitrogens with one attached hydrogen (secondary N) is 2. The quantitative estimate of drug-likeness (QED) is 0.703. The van der Waals surface area contributed by atoms with Gasteiger partial charge in [-0.15, -0.1) is 0 Å². The largest absolute Gasteiger partial charge is 0.444 e. The average molecular weight is 375 g/mol. The van der Waals surface area contributed by atoms with E-state index in [-0.39, 0.29) is 6.04 Å². The predicted octanol–water partition coefficient (Wildman–Crippen LogP) is 5.02. The van der Waals surface area contributed by atoms with Gasteiger partial charge >= 0.3 is 6.09 Å². The van der Waals surface area contributed by atoms with Gasteiger partial charge in [0.05, 0.1) is 10.0 Å². The van der Waals surface area contributed by atoms with Crippen LogP contribution in [0.4, 0.5) is 4.79 Å². The van der Waals surface area contributed by atoms with Crippen LogP contribution in [-0.4, -0.2) is 24.3 Å². The summed E-state index contributed by atoms with van der Waals surface area (Å²) in [5, 5.41) is 7.40. The number of carbonyl (C=O) groups excluding carboxylic acids is 1. The molecule has 0 saturated heterocycles. The Hall–Kier alpha value is -0.970. The molecule has 0 saturated carbocycles. The molecule has 24 heavy (non-hydrogen) atoms. The number of carbonyl (C=O) groups is 1. The Kier molecular flexibility index (Phi) is 8.34. The number of halogens is 2. The molecule has 1 amide bonds. The topological polar surface area (TPSA) is 50.4 Å². The summed E-state index contributed by atoms with van der Waals surface area (Å²) >= 11 is 12.2. The van der Waals surface area contributed by atoms with Crippen LogP contribution in [0, 0.1) is 5.92 Å². The maximum Gasteiger partial charge on any atom is 0.407 e. The van der Waals surface area contributed by atoms with Crippen molar-refractivity contribution in [2.45, 2.75) is 59.2 Å². The van der Waals surface area contributed by atoms with Crippen LogP contribution in [0.1, 0.15) is 46.6 Å². The molecule has 0 aromatic heterocycles. The number of benzene rings is 1. The molecule has 136 valence electrons. The molecule has 0 fully saturated rings. The highest BCUT2D eigenvalue weighted by Gasteiger charge is 2.22. The van der Waals surface area contributed by atoms with Gasteiger partial charge in [-0.25, -0.2) is 4.79 Å². The second-order valence-corrected chi connectivity index (χ2v) is 7.77. The predicted molar refractivity (Wildman–Crippen MR) is 101 cm³/mol. The molecule has 6 heteroatoms. The first kappa shape index (κ1) is 21.1. The SMILES string of the molecule is CC[C@H](C)[C@@H](CNCc1cccc(Cl)c1Cl)NC(=O)OC(C)(C)C. The van der Waals surface area contributed by atoms with E-state index in [1.807, 2.05) is 32.9 Å². The molecular weight excluding hydrogens is 347 g/mol. The molecule has 0 aliphatic rings. The van der Waals surface area contributed by atoms with Crippen LogP contribution in [0.15, 0.2) is 18.2 Å². The highest BCUT2D eigenvalue weighted by Crippen LogP contribution is 2.25. The zero-order chi connectivity index (χ0) is 18.3. The van der Waals surface area contributed by atoms with E-state index in [0.29, 0.717) is 29.1 Å². The third kappa shape index (κ3) is 7.29. The molecule has 0 heterocycles. The van der Waals surface area contributed by atoms with Crippen LogP contribution in [0.3, 0.4) is 0 Å². The van der Waals surface area contributed by atoms with E-state index in [4.69, 9.17) is 27.9 Å². The molecule has 0 spiro atoms. The van der Waals surface area contributed by atoms with E-state index in [0.717, 1.165) is 12.0 Å². The third-order valence-electron chi connectivity index (χ3n) is 3.74. The lowest BCUT2D eigenvalue weighted by molar-refractivity contribution is 0.0487. The number of hydrogen-bond donors (Lipinski definition) is 2. The lowest BCUT2D eigenvalue weighted by Crippen LogP contribution is -2.47. The minimum absolute atomic E-state index is 0.0252.